The molecule has 1 aromatic carbocycles. The number of halogens is 4. The van der Waals surface area contributed by atoms with Crippen LogP contribution in [-0.4, -0.2) is 25.0 Å². The van der Waals surface area contributed by atoms with Crippen LogP contribution in [0.25, 0.3) is 0 Å². The molecule has 0 aromatic heterocycles. The van der Waals surface area contributed by atoms with Gasteiger partial charge in [-0.25, -0.2) is 17.6 Å². The molecular weight excluding hydrogens is 256 g/mol. The van der Waals surface area contributed by atoms with E-state index in [0.717, 1.165) is 17.0 Å². The van der Waals surface area contributed by atoms with E-state index >= 15 is 0 Å². The van der Waals surface area contributed by atoms with Gasteiger partial charge in [0.15, 0.2) is 0 Å². The van der Waals surface area contributed by atoms with Gasteiger partial charge in [-0.15, -0.1) is 0 Å². The minimum atomic E-state index is -2.69. The molecule has 0 saturated carbocycles. The van der Waals surface area contributed by atoms with Crippen molar-refractivity contribution in [2.45, 2.75) is 6.43 Å². The summed E-state index contributed by atoms with van der Waals surface area (Å²) in [5.74, 6) is -1.95. The molecule has 0 fully saturated rings. The molecule has 1 rings (SSSR count). The standard InChI is InChI=1S/C10H10F4N2S/c1-16(4-8(13)14)9-6(11)2-5(10(15)17)3-7(9)12/h2-3,8H,4H2,1H3,(H2,15,17). The molecule has 2 nitrogen and oxygen atoms in total. The zero-order valence-electron chi connectivity index (χ0n) is 8.88. The molecule has 0 saturated heterocycles. The van der Waals surface area contributed by atoms with E-state index in [1.807, 2.05) is 0 Å². The van der Waals surface area contributed by atoms with Gasteiger partial charge in [-0.2, -0.15) is 0 Å². The molecule has 1 aromatic rings. The molecular formula is C10H10F4N2S. The second-order valence-electron chi connectivity index (χ2n) is 3.42. The van der Waals surface area contributed by atoms with Crippen LogP contribution < -0.4 is 10.6 Å². The Bertz CT molecular complexity index is 413. The minimum absolute atomic E-state index is 0.0178. The van der Waals surface area contributed by atoms with Crippen LogP contribution in [0.3, 0.4) is 0 Å². The lowest BCUT2D eigenvalue weighted by Gasteiger charge is -2.20. The van der Waals surface area contributed by atoms with E-state index in [4.69, 9.17) is 5.73 Å². The van der Waals surface area contributed by atoms with Gasteiger partial charge in [0.2, 0.25) is 0 Å². The summed E-state index contributed by atoms with van der Waals surface area (Å²) in [6.07, 6.45) is -2.69. The third-order valence-electron chi connectivity index (χ3n) is 2.10. The summed E-state index contributed by atoms with van der Waals surface area (Å²) in [4.78, 5) is 0.643. The molecule has 0 bridgehead atoms. The summed E-state index contributed by atoms with van der Waals surface area (Å²) in [7, 11) is 1.17. The number of hydrogen-bond acceptors (Lipinski definition) is 2. The lowest BCUT2D eigenvalue weighted by Crippen LogP contribution is -2.26. The van der Waals surface area contributed by atoms with E-state index in [1.165, 1.54) is 7.05 Å². The Kier molecular flexibility index (Phi) is 4.28. The van der Waals surface area contributed by atoms with Crippen molar-refractivity contribution in [2.75, 3.05) is 18.5 Å². The first-order valence-corrected chi connectivity index (χ1v) is 5.02. The monoisotopic (exact) mass is 266 g/mol. The van der Waals surface area contributed by atoms with Crippen LogP contribution in [-0.2, 0) is 0 Å². The SMILES string of the molecule is CN(CC(F)F)c1c(F)cc(C(N)=S)cc1F. The maximum Gasteiger partial charge on any atom is 0.255 e. The zero-order chi connectivity index (χ0) is 13.2. The molecule has 2 N–H and O–H groups in total. The molecule has 17 heavy (non-hydrogen) atoms. The zero-order valence-corrected chi connectivity index (χ0v) is 9.70. The van der Waals surface area contributed by atoms with E-state index in [0.29, 0.717) is 0 Å². The molecule has 0 atom stereocenters. The summed E-state index contributed by atoms with van der Waals surface area (Å²) < 4.78 is 51.3. The molecule has 0 aliphatic rings. The van der Waals surface area contributed by atoms with E-state index < -0.39 is 30.3 Å². The van der Waals surface area contributed by atoms with E-state index in [9.17, 15) is 17.6 Å². The van der Waals surface area contributed by atoms with Gasteiger partial charge in [-0.3, -0.25) is 0 Å². The highest BCUT2D eigenvalue weighted by molar-refractivity contribution is 7.80. The van der Waals surface area contributed by atoms with Crippen molar-refractivity contribution in [3.8, 4) is 0 Å². The fourth-order valence-electron chi connectivity index (χ4n) is 1.37. The van der Waals surface area contributed by atoms with Crippen molar-refractivity contribution < 1.29 is 17.6 Å². The Morgan fingerprint density at radius 3 is 2.18 bits per heavy atom. The Morgan fingerprint density at radius 1 is 1.35 bits per heavy atom. The third-order valence-corrected chi connectivity index (χ3v) is 2.33. The summed E-state index contributed by atoms with van der Waals surface area (Å²) in [6.45, 7) is -0.764. The van der Waals surface area contributed by atoms with Crippen LogP contribution in [0.4, 0.5) is 23.2 Å². The van der Waals surface area contributed by atoms with Crippen LogP contribution >= 0.6 is 12.2 Å². The fraction of sp³-hybridized carbons (Fsp3) is 0.300. The van der Waals surface area contributed by atoms with E-state index in [1.54, 1.807) is 0 Å². The van der Waals surface area contributed by atoms with Crippen molar-refractivity contribution in [1.82, 2.24) is 0 Å². The highest BCUT2D eigenvalue weighted by Crippen LogP contribution is 2.24. The molecule has 0 heterocycles. The summed E-state index contributed by atoms with van der Waals surface area (Å²) in [5.41, 5.74) is 4.72. The largest absolute Gasteiger partial charge is 0.389 e. The molecule has 0 aliphatic carbocycles. The smallest absolute Gasteiger partial charge is 0.255 e. The number of alkyl halides is 2. The van der Waals surface area contributed by atoms with Crippen LogP contribution in [0, 0.1) is 11.6 Å². The number of nitrogens with two attached hydrogens (primary N) is 1. The highest BCUT2D eigenvalue weighted by atomic mass is 32.1. The minimum Gasteiger partial charge on any atom is -0.389 e. The first kappa shape index (κ1) is 13.7. The number of thiocarbonyl (C=S) groups is 1. The topological polar surface area (TPSA) is 29.3 Å². The Labute approximate surface area is 101 Å². The number of benzene rings is 1. The first-order chi connectivity index (χ1) is 7.82. The predicted molar refractivity (Wildman–Crippen MR) is 61.5 cm³/mol. The first-order valence-electron chi connectivity index (χ1n) is 4.61. The fourth-order valence-corrected chi connectivity index (χ4v) is 1.49. The van der Waals surface area contributed by atoms with Crippen LogP contribution in [0.5, 0.6) is 0 Å². The van der Waals surface area contributed by atoms with E-state index in [-0.39, 0.29) is 10.6 Å². The van der Waals surface area contributed by atoms with Gasteiger partial charge in [-0.05, 0) is 12.1 Å². The molecule has 0 aliphatic heterocycles. The quantitative estimate of drug-likeness (QED) is 0.670. The molecule has 94 valence electrons. The van der Waals surface area contributed by atoms with Gasteiger partial charge in [0.05, 0.1) is 6.54 Å². The average Bonchev–Trinajstić information content (AvgIpc) is 2.14. The molecule has 0 spiro atoms. The average molecular weight is 266 g/mol. The van der Waals surface area contributed by atoms with Gasteiger partial charge in [0, 0.05) is 12.6 Å². The molecule has 0 radical (unpaired) electrons. The van der Waals surface area contributed by atoms with Crippen LogP contribution in [0.15, 0.2) is 12.1 Å². The van der Waals surface area contributed by atoms with Crippen molar-refractivity contribution >= 4 is 22.9 Å². The summed E-state index contributed by atoms with van der Waals surface area (Å²) >= 11 is 4.57. The Hall–Kier alpha value is -1.37. The van der Waals surface area contributed by atoms with Gasteiger partial charge in [0.1, 0.15) is 22.3 Å². The maximum atomic E-state index is 13.5. The third kappa shape index (κ3) is 3.29. The number of rotatable bonds is 4. The second kappa shape index (κ2) is 5.31. The molecule has 0 amide bonds. The normalized spacial score (nSPS) is 10.7. The van der Waals surface area contributed by atoms with Gasteiger partial charge in [-0.1, -0.05) is 12.2 Å². The molecule has 7 heteroatoms. The highest BCUT2D eigenvalue weighted by Gasteiger charge is 2.18. The van der Waals surface area contributed by atoms with Crippen molar-refractivity contribution in [2.24, 2.45) is 5.73 Å². The van der Waals surface area contributed by atoms with Crippen molar-refractivity contribution in [3.05, 3.63) is 29.3 Å². The lowest BCUT2D eigenvalue weighted by atomic mass is 10.1. The predicted octanol–water partition coefficient (Wildman–Crippen LogP) is 2.30. The van der Waals surface area contributed by atoms with Crippen LogP contribution in [0.2, 0.25) is 0 Å². The maximum absolute atomic E-state index is 13.5. The molecule has 0 unspecified atom stereocenters. The van der Waals surface area contributed by atoms with Gasteiger partial charge < -0.3 is 10.6 Å². The number of hydrogen-bond donors (Lipinski definition) is 1. The van der Waals surface area contributed by atoms with Crippen molar-refractivity contribution in [1.29, 1.82) is 0 Å². The second-order valence-corrected chi connectivity index (χ2v) is 3.86. The van der Waals surface area contributed by atoms with Gasteiger partial charge in [0.25, 0.3) is 6.43 Å². The van der Waals surface area contributed by atoms with Gasteiger partial charge >= 0.3 is 0 Å². The summed E-state index contributed by atoms with van der Waals surface area (Å²) in [5, 5.41) is 0. The summed E-state index contributed by atoms with van der Waals surface area (Å²) in [6, 6.07) is 1.84. The number of nitrogens with zero attached hydrogens (tertiary/aromatic N) is 1. The Morgan fingerprint density at radius 2 is 1.82 bits per heavy atom. The van der Waals surface area contributed by atoms with Crippen LogP contribution in [0.1, 0.15) is 5.56 Å². The lowest BCUT2D eigenvalue weighted by molar-refractivity contribution is 0.156. The van der Waals surface area contributed by atoms with Crippen molar-refractivity contribution in [3.63, 3.8) is 0 Å². The number of anilines is 1. The van der Waals surface area contributed by atoms with E-state index in [2.05, 4.69) is 12.2 Å². The Balaban J connectivity index is 3.13.